The van der Waals surface area contributed by atoms with Crippen LogP contribution in [0, 0.1) is 0 Å². The number of benzene rings is 2. The van der Waals surface area contributed by atoms with Crippen LogP contribution >= 0.6 is 0 Å². The van der Waals surface area contributed by atoms with Crippen LogP contribution in [-0.4, -0.2) is 47.1 Å². The van der Waals surface area contributed by atoms with E-state index in [-0.39, 0.29) is 5.91 Å². The summed E-state index contributed by atoms with van der Waals surface area (Å²) in [6.45, 7) is 10.1. The normalized spacial score (nSPS) is 14.4. The molecule has 0 aliphatic carbocycles. The number of fused-ring (bicyclic) bond motifs is 2. The first-order valence-electron chi connectivity index (χ1n) is 12.3. The van der Waals surface area contributed by atoms with Gasteiger partial charge in [-0.2, -0.15) is 0 Å². The summed E-state index contributed by atoms with van der Waals surface area (Å²) in [6.07, 6.45) is 0.216. The van der Waals surface area contributed by atoms with Gasteiger partial charge >= 0.3 is 5.97 Å². The first kappa shape index (κ1) is 24.7. The lowest BCUT2D eigenvalue weighted by molar-refractivity contribution is -0.124. The van der Waals surface area contributed by atoms with Gasteiger partial charge < -0.3 is 14.8 Å². The van der Waals surface area contributed by atoms with E-state index in [1.165, 1.54) is 0 Å². The highest BCUT2D eigenvalue weighted by molar-refractivity contribution is 6.06. The summed E-state index contributed by atoms with van der Waals surface area (Å²) in [6, 6.07) is 15.1. The molecule has 0 saturated heterocycles. The predicted octanol–water partition coefficient (Wildman–Crippen LogP) is 4.97. The van der Waals surface area contributed by atoms with E-state index in [2.05, 4.69) is 24.1 Å². The van der Waals surface area contributed by atoms with Crippen LogP contribution in [0.2, 0.25) is 0 Å². The molecule has 7 heteroatoms. The third kappa shape index (κ3) is 5.46. The number of hydrogen-bond acceptors (Lipinski definition) is 6. The zero-order valence-electron chi connectivity index (χ0n) is 20.8. The lowest BCUT2D eigenvalue weighted by Gasteiger charge is -2.32. The number of ether oxygens (including phenoxy) is 2. The molecule has 1 amide bonds. The molecule has 1 aliphatic rings. The Kier molecular flexibility index (Phi) is 7.66. The number of carbonyl (C=O) groups excluding carboxylic acids is 2. The van der Waals surface area contributed by atoms with Gasteiger partial charge in [-0.25, -0.2) is 4.79 Å². The van der Waals surface area contributed by atoms with E-state index in [1.807, 2.05) is 38.1 Å². The molecule has 4 rings (SSSR count). The van der Waals surface area contributed by atoms with Crippen LogP contribution in [0.3, 0.4) is 0 Å². The number of pyridine rings is 1. The van der Waals surface area contributed by atoms with Crippen molar-refractivity contribution in [3.63, 3.8) is 0 Å². The maximum atomic E-state index is 13.6. The summed E-state index contributed by atoms with van der Waals surface area (Å²) in [7, 11) is 0. The molecule has 1 atom stereocenters. The summed E-state index contributed by atoms with van der Waals surface area (Å²) in [5.74, 6) is -0.117. The van der Waals surface area contributed by atoms with Crippen LogP contribution in [0.25, 0.3) is 10.9 Å². The second kappa shape index (κ2) is 10.9. The largest absolute Gasteiger partial charge is 0.494 e. The minimum Gasteiger partial charge on any atom is -0.494 e. The molecule has 1 N–H and O–H groups in total. The monoisotopic (exact) mass is 475 g/mol. The second-order valence-electron chi connectivity index (χ2n) is 8.99. The van der Waals surface area contributed by atoms with Crippen molar-refractivity contribution < 1.29 is 19.1 Å². The molecular weight excluding hydrogens is 442 g/mol. The lowest BCUT2D eigenvalue weighted by Crippen LogP contribution is -2.38. The number of hydrogen-bond donors (Lipinski definition) is 1. The summed E-state index contributed by atoms with van der Waals surface area (Å²) in [5.41, 5.74) is 3.73. The summed E-state index contributed by atoms with van der Waals surface area (Å²) < 4.78 is 11.3. The van der Waals surface area contributed by atoms with Crippen molar-refractivity contribution >= 4 is 28.5 Å². The van der Waals surface area contributed by atoms with E-state index < -0.39 is 12.1 Å². The number of nitrogens with one attached hydrogen (secondary N) is 1. The Morgan fingerprint density at radius 2 is 1.83 bits per heavy atom. The Balaban J connectivity index is 1.59. The summed E-state index contributed by atoms with van der Waals surface area (Å²) in [4.78, 5) is 33.7. The average Bonchev–Trinajstić information content (AvgIpc) is 2.86. The SMILES string of the molecule is CCOc1ccc(NC(=O)C(CC)OC(=O)c2c3c(nc4ccccc24)CCN(C(C)C)C3)cc1. The van der Waals surface area contributed by atoms with Gasteiger partial charge in [-0.15, -0.1) is 0 Å². The molecule has 35 heavy (non-hydrogen) atoms. The van der Waals surface area contributed by atoms with Gasteiger partial charge in [0, 0.05) is 47.9 Å². The van der Waals surface area contributed by atoms with E-state index in [0.29, 0.717) is 36.9 Å². The van der Waals surface area contributed by atoms with E-state index in [4.69, 9.17) is 14.5 Å². The van der Waals surface area contributed by atoms with E-state index in [1.54, 1.807) is 24.3 Å². The molecule has 0 fully saturated rings. The van der Waals surface area contributed by atoms with Gasteiger partial charge in [-0.05, 0) is 57.5 Å². The van der Waals surface area contributed by atoms with Gasteiger partial charge in [0.2, 0.25) is 0 Å². The molecule has 2 aromatic carbocycles. The van der Waals surface area contributed by atoms with Gasteiger partial charge in [0.25, 0.3) is 5.91 Å². The molecule has 1 unspecified atom stereocenters. The number of nitrogens with zero attached hydrogens (tertiary/aromatic N) is 2. The van der Waals surface area contributed by atoms with Gasteiger partial charge in [0.05, 0.1) is 17.7 Å². The number of para-hydroxylation sites is 1. The topological polar surface area (TPSA) is 80.8 Å². The third-order valence-electron chi connectivity index (χ3n) is 6.36. The molecule has 184 valence electrons. The fraction of sp³-hybridized carbons (Fsp3) is 0.393. The van der Waals surface area contributed by atoms with Crippen LogP contribution in [0.4, 0.5) is 5.69 Å². The van der Waals surface area contributed by atoms with Gasteiger partial charge in [-0.1, -0.05) is 25.1 Å². The Morgan fingerprint density at radius 1 is 1.09 bits per heavy atom. The van der Waals surface area contributed by atoms with Crippen molar-refractivity contribution in [2.45, 2.75) is 59.2 Å². The molecule has 0 radical (unpaired) electrons. The van der Waals surface area contributed by atoms with Crippen LogP contribution < -0.4 is 10.1 Å². The van der Waals surface area contributed by atoms with Crippen LogP contribution in [-0.2, 0) is 22.5 Å². The first-order valence-corrected chi connectivity index (χ1v) is 12.3. The summed E-state index contributed by atoms with van der Waals surface area (Å²) >= 11 is 0. The molecule has 1 aliphatic heterocycles. The van der Waals surface area contributed by atoms with E-state index in [9.17, 15) is 9.59 Å². The molecular formula is C28H33N3O4. The predicted molar refractivity (Wildman–Crippen MR) is 137 cm³/mol. The first-order chi connectivity index (χ1) is 16.9. The number of anilines is 1. The Labute approximate surface area is 206 Å². The maximum absolute atomic E-state index is 13.6. The molecule has 0 bridgehead atoms. The number of amides is 1. The maximum Gasteiger partial charge on any atom is 0.340 e. The highest BCUT2D eigenvalue weighted by Gasteiger charge is 2.30. The molecule has 2 heterocycles. The van der Waals surface area contributed by atoms with Gasteiger partial charge in [-0.3, -0.25) is 14.7 Å². The van der Waals surface area contributed by atoms with Crippen molar-refractivity contribution in [2.24, 2.45) is 0 Å². The molecule has 0 saturated carbocycles. The standard InChI is InChI=1S/C28H33N3O4/c1-5-25(27(32)29-19-11-13-20(14-12-19)34-6-2)35-28(33)26-21-9-7-8-10-23(21)30-24-15-16-31(18(3)4)17-22(24)26/h7-14,18,25H,5-6,15-17H2,1-4H3,(H,29,32). The van der Waals surface area contributed by atoms with Gasteiger partial charge in [0.15, 0.2) is 6.10 Å². The number of carbonyl (C=O) groups is 2. The minimum atomic E-state index is -0.915. The fourth-order valence-corrected chi connectivity index (χ4v) is 4.42. The number of rotatable bonds is 8. The van der Waals surface area contributed by atoms with E-state index >= 15 is 0 Å². The van der Waals surface area contributed by atoms with Crippen molar-refractivity contribution in [1.29, 1.82) is 0 Å². The second-order valence-corrected chi connectivity index (χ2v) is 8.99. The van der Waals surface area contributed by atoms with Crippen molar-refractivity contribution in [1.82, 2.24) is 9.88 Å². The minimum absolute atomic E-state index is 0.349. The Morgan fingerprint density at radius 3 is 2.51 bits per heavy atom. The van der Waals surface area contributed by atoms with Crippen LogP contribution in [0.5, 0.6) is 5.75 Å². The number of esters is 1. The van der Waals surface area contributed by atoms with Crippen molar-refractivity contribution in [2.75, 3.05) is 18.5 Å². The Hall–Kier alpha value is -3.45. The zero-order chi connectivity index (χ0) is 24.9. The highest BCUT2D eigenvalue weighted by Crippen LogP contribution is 2.30. The Bertz CT molecular complexity index is 1210. The van der Waals surface area contributed by atoms with Crippen molar-refractivity contribution in [3.8, 4) is 5.75 Å². The van der Waals surface area contributed by atoms with Crippen molar-refractivity contribution in [3.05, 3.63) is 65.4 Å². The van der Waals surface area contributed by atoms with Gasteiger partial charge in [0.1, 0.15) is 5.75 Å². The van der Waals surface area contributed by atoms with Crippen LogP contribution in [0.15, 0.2) is 48.5 Å². The molecule has 3 aromatic rings. The lowest BCUT2D eigenvalue weighted by atomic mass is 9.95. The summed E-state index contributed by atoms with van der Waals surface area (Å²) in [5, 5.41) is 3.60. The molecule has 7 nitrogen and oxygen atoms in total. The van der Waals surface area contributed by atoms with E-state index in [0.717, 1.165) is 40.9 Å². The fourth-order valence-electron chi connectivity index (χ4n) is 4.42. The third-order valence-corrected chi connectivity index (χ3v) is 6.36. The number of aromatic nitrogens is 1. The average molecular weight is 476 g/mol. The highest BCUT2D eigenvalue weighted by atomic mass is 16.5. The molecule has 0 spiro atoms. The smallest absolute Gasteiger partial charge is 0.340 e. The molecule has 1 aromatic heterocycles. The van der Waals surface area contributed by atoms with Crippen LogP contribution in [0.1, 0.15) is 55.7 Å². The quantitative estimate of drug-likeness (QED) is 0.463. The zero-order valence-corrected chi connectivity index (χ0v) is 20.8.